The second-order valence-corrected chi connectivity index (χ2v) is 17.6. The normalized spacial score (nSPS) is 26.4. The highest BCUT2D eigenvalue weighted by Gasteiger charge is 2.61. The van der Waals surface area contributed by atoms with Gasteiger partial charge in [0.05, 0.1) is 0 Å². The van der Waals surface area contributed by atoms with Gasteiger partial charge in [0.25, 0.3) is 0 Å². The summed E-state index contributed by atoms with van der Waals surface area (Å²) in [5.41, 5.74) is 17.9. The van der Waals surface area contributed by atoms with Gasteiger partial charge >= 0.3 is 0 Å². The molecule has 0 amide bonds. The van der Waals surface area contributed by atoms with E-state index < -0.39 is 0 Å². The van der Waals surface area contributed by atoms with Gasteiger partial charge in [-0.2, -0.15) is 0 Å². The van der Waals surface area contributed by atoms with Gasteiger partial charge in [0.15, 0.2) is 0 Å². The fourth-order valence-corrected chi connectivity index (χ4v) is 13.7. The smallest absolute Gasteiger partial charge is 0.137 e. The lowest BCUT2D eigenvalue weighted by atomic mass is 9.43. The monoisotopic (exact) mass is 685 g/mol. The van der Waals surface area contributed by atoms with Gasteiger partial charge in [-0.25, -0.2) is 0 Å². The molecule has 0 unspecified atom stereocenters. The maximum Gasteiger partial charge on any atom is 0.137 e. The predicted molar refractivity (Wildman–Crippen MR) is 216 cm³/mol. The summed E-state index contributed by atoms with van der Waals surface area (Å²) >= 11 is 0. The highest BCUT2D eigenvalue weighted by molar-refractivity contribution is 6.06. The van der Waals surface area contributed by atoms with E-state index >= 15 is 0 Å². The Morgan fingerprint density at radius 1 is 0.453 bits per heavy atom. The van der Waals surface area contributed by atoms with Crippen LogP contribution in [0.2, 0.25) is 0 Å². The predicted octanol–water partition coefficient (Wildman–Crippen LogP) is 13.6. The molecule has 2 spiro atoms. The van der Waals surface area contributed by atoms with Gasteiger partial charge in [-0.05, 0) is 156 Å². The second kappa shape index (κ2) is 10.3. The van der Waals surface area contributed by atoms with E-state index in [1.165, 1.54) is 108 Å². The van der Waals surface area contributed by atoms with E-state index in [0.717, 1.165) is 40.5 Å². The largest absolute Gasteiger partial charge is 0.456 e. The van der Waals surface area contributed by atoms with Gasteiger partial charge in [0.2, 0.25) is 0 Å². The van der Waals surface area contributed by atoms with Crippen molar-refractivity contribution in [3.05, 3.63) is 150 Å². The van der Waals surface area contributed by atoms with Gasteiger partial charge in [-0.3, -0.25) is 0 Å². The van der Waals surface area contributed by atoms with Crippen molar-refractivity contribution >= 4 is 39.0 Å². The topological polar surface area (TPSA) is 16.4 Å². The molecule has 1 aromatic heterocycles. The molecule has 258 valence electrons. The van der Waals surface area contributed by atoms with Crippen molar-refractivity contribution in [3.8, 4) is 22.3 Å². The molecule has 7 aliphatic rings. The minimum Gasteiger partial charge on any atom is -0.456 e. The molecule has 5 saturated carbocycles. The van der Waals surface area contributed by atoms with Crippen molar-refractivity contribution in [3.63, 3.8) is 0 Å². The van der Waals surface area contributed by atoms with Crippen molar-refractivity contribution in [1.29, 1.82) is 0 Å². The molecule has 6 aromatic carbocycles. The molecule has 14 rings (SSSR count). The molecule has 4 bridgehead atoms. The number of anilines is 3. The van der Waals surface area contributed by atoms with E-state index in [9.17, 15) is 0 Å². The Hall–Kier alpha value is -5.08. The van der Waals surface area contributed by atoms with Crippen LogP contribution >= 0.6 is 0 Å². The van der Waals surface area contributed by atoms with Crippen LogP contribution in [-0.2, 0) is 10.8 Å². The van der Waals surface area contributed by atoms with E-state index in [1.807, 2.05) is 0 Å². The van der Waals surface area contributed by atoms with Crippen LogP contribution in [0.1, 0.15) is 80.0 Å². The van der Waals surface area contributed by atoms with E-state index in [1.54, 1.807) is 16.7 Å². The number of benzene rings is 6. The first-order valence-corrected chi connectivity index (χ1v) is 20.4. The number of hydrogen-bond acceptors (Lipinski definition) is 2. The Morgan fingerprint density at radius 3 is 1.85 bits per heavy atom. The third-order valence-corrected chi connectivity index (χ3v) is 15.4. The first-order chi connectivity index (χ1) is 26.2. The third-order valence-electron chi connectivity index (χ3n) is 15.4. The second-order valence-electron chi connectivity index (χ2n) is 17.6. The van der Waals surface area contributed by atoms with Crippen molar-refractivity contribution < 1.29 is 4.42 Å². The number of furan rings is 1. The minimum atomic E-state index is 0.120. The molecule has 7 aromatic rings. The van der Waals surface area contributed by atoms with Crippen LogP contribution in [0, 0.1) is 23.7 Å². The highest BCUT2D eigenvalue weighted by Crippen LogP contribution is 2.69. The average Bonchev–Trinajstić information content (AvgIpc) is 3.96. The summed E-state index contributed by atoms with van der Waals surface area (Å²) in [6.07, 6.45) is 12.2. The molecular weight excluding hydrogens is 643 g/mol. The SMILES string of the molecule is c1ccc2c(c1)-c1cc(N(c3ccc4c(c3)C3(c5ccccc5-4)C4CC5CC(C4)CC3C5)c3ccc4c(c3)oc3ccccc34)ccc1C21CCCC1. The van der Waals surface area contributed by atoms with Crippen LogP contribution in [0.4, 0.5) is 17.1 Å². The van der Waals surface area contributed by atoms with Gasteiger partial charge < -0.3 is 9.32 Å². The lowest BCUT2D eigenvalue weighted by molar-refractivity contribution is -0.0399. The molecular formula is C51H43NO. The maximum atomic E-state index is 6.54. The Kier molecular flexibility index (Phi) is 5.72. The summed E-state index contributed by atoms with van der Waals surface area (Å²) in [4.78, 5) is 2.54. The van der Waals surface area contributed by atoms with Crippen molar-refractivity contribution in [2.24, 2.45) is 23.7 Å². The van der Waals surface area contributed by atoms with Crippen molar-refractivity contribution in [2.45, 2.75) is 68.6 Å². The summed E-state index contributed by atoms with van der Waals surface area (Å²) in [6.45, 7) is 0. The summed E-state index contributed by atoms with van der Waals surface area (Å²) in [5.74, 6) is 3.31. The van der Waals surface area contributed by atoms with E-state index in [0.29, 0.717) is 0 Å². The Morgan fingerprint density at radius 2 is 1.04 bits per heavy atom. The quantitative estimate of drug-likeness (QED) is 0.184. The number of hydrogen-bond donors (Lipinski definition) is 0. The zero-order valence-corrected chi connectivity index (χ0v) is 30.2. The van der Waals surface area contributed by atoms with Crippen LogP contribution in [0.15, 0.2) is 132 Å². The van der Waals surface area contributed by atoms with E-state index in [-0.39, 0.29) is 10.8 Å². The van der Waals surface area contributed by atoms with E-state index in [4.69, 9.17) is 4.42 Å². The first-order valence-electron chi connectivity index (χ1n) is 20.4. The fourth-order valence-electron chi connectivity index (χ4n) is 13.7. The Bertz CT molecular complexity index is 2640. The Labute approximate surface area is 311 Å². The highest BCUT2D eigenvalue weighted by atomic mass is 16.3. The minimum absolute atomic E-state index is 0.120. The van der Waals surface area contributed by atoms with Crippen molar-refractivity contribution in [2.75, 3.05) is 4.90 Å². The molecule has 2 nitrogen and oxygen atoms in total. The summed E-state index contributed by atoms with van der Waals surface area (Å²) < 4.78 is 6.54. The lowest BCUT2D eigenvalue weighted by Gasteiger charge is -2.61. The van der Waals surface area contributed by atoms with Gasteiger partial charge in [-0.15, -0.1) is 0 Å². The van der Waals surface area contributed by atoms with E-state index in [2.05, 4.69) is 132 Å². The van der Waals surface area contributed by atoms with Crippen LogP contribution in [0.25, 0.3) is 44.2 Å². The number of para-hydroxylation sites is 1. The van der Waals surface area contributed by atoms with Crippen LogP contribution < -0.4 is 4.90 Å². The standard InChI is InChI=1S/C51H43NO/c1-4-12-44-39(10-1)43-28-35(17-20-45(43)50(44)21-7-8-22-50)52(37-16-19-42-41-11-3-6-14-48(41)53-49(42)30-37)36-15-18-40-38-9-2-5-13-46(38)51(47(40)29-36)33-24-31-23-32(26-33)27-34(51)25-31/h1-6,9-20,28-34H,7-8,21-27H2. The summed E-state index contributed by atoms with van der Waals surface area (Å²) in [6, 6.07) is 49.1. The molecule has 1 heterocycles. The number of fused-ring (bicyclic) bond motifs is 11. The first kappa shape index (κ1) is 29.4. The van der Waals surface area contributed by atoms with Gasteiger partial charge in [-0.1, -0.05) is 91.7 Å². The number of rotatable bonds is 3. The maximum absolute atomic E-state index is 6.54. The third kappa shape index (κ3) is 3.70. The molecule has 0 saturated heterocycles. The summed E-state index contributed by atoms with van der Waals surface area (Å²) in [7, 11) is 0. The van der Waals surface area contributed by atoms with Crippen LogP contribution in [-0.4, -0.2) is 0 Å². The molecule has 0 aliphatic heterocycles. The molecule has 53 heavy (non-hydrogen) atoms. The van der Waals surface area contributed by atoms with Crippen molar-refractivity contribution in [1.82, 2.24) is 0 Å². The zero-order chi connectivity index (χ0) is 34.5. The zero-order valence-electron chi connectivity index (χ0n) is 30.2. The summed E-state index contributed by atoms with van der Waals surface area (Å²) in [5, 5.41) is 2.35. The molecule has 2 heteroatoms. The number of nitrogens with zero attached hydrogens (tertiary/aromatic N) is 1. The van der Waals surface area contributed by atoms with Crippen LogP contribution in [0.5, 0.6) is 0 Å². The molecule has 0 radical (unpaired) electrons. The molecule has 7 aliphatic carbocycles. The molecule has 0 atom stereocenters. The fraction of sp³-hybridized carbons (Fsp3) is 0.294. The molecule has 0 N–H and O–H groups in total. The average molecular weight is 686 g/mol. The van der Waals surface area contributed by atoms with Gasteiger partial charge in [0, 0.05) is 44.7 Å². The van der Waals surface area contributed by atoms with Gasteiger partial charge in [0.1, 0.15) is 11.2 Å². The molecule has 5 fully saturated rings. The van der Waals surface area contributed by atoms with Crippen LogP contribution in [0.3, 0.4) is 0 Å². The Balaban J connectivity index is 1.04. The lowest BCUT2D eigenvalue weighted by Crippen LogP contribution is -2.55.